The molecule has 0 radical (unpaired) electrons. The molecule has 0 fully saturated rings. The fourth-order valence-electron chi connectivity index (χ4n) is 1.79. The third-order valence-electron chi connectivity index (χ3n) is 2.61. The van der Waals surface area contributed by atoms with E-state index in [1.807, 2.05) is 30.3 Å². The summed E-state index contributed by atoms with van der Waals surface area (Å²) in [6.45, 7) is 1.76. The average molecular weight is 276 g/mol. The summed E-state index contributed by atoms with van der Waals surface area (Å²) in [5, 5.41) is 10.9. The summed E-state index contributed by atoms with van der Waals surface area (Å²) in [5.41, 5.74) is 2.10. The van der Waals surface area contributed by atoms with Gasteiger partial charge in [0.1, 0.15) is 0 Å². The van der Waals surface area contributed by atoms with Crippen molar-refractivity contribution in [1.82, 2.24) is 10.3 Å². The van der Waals surface area contributed by atoms with Crippen LogP contribution in [0.5, 0.6) is 0 Å². The number of thiazole rings is 1. The molecule has 0 unspecified atom stereocenters. The molecule has 6 heteroatoms. The molecule has 0 saturated heterocycles. The van der Waals surface area contributed by atoms with Crippen LogP contribution in [0.2, 0.25) is 0 Å². The average Bonchev–Trinajstić information content (AvgIpc) is 2.90. The van der Waals surface area contributed by atoms with Crippen LogP contribution in [-0.4, -0.2) is 10.1 Å². The Bertz CT molecular complexity index is 543. The highest BCUT2D eigenvalue weighted by Crippen LogP contribution is 2.26. The monoisotopic (exact) mass is 276 g/mol. The number of fused-ring (bicyclic) bond motifs is 1. The first-order chi connectivity index (χ1) is 8.81. The summed E-state index contributed by atoms with van der Waals surface area (Å²) in [5.74, 6) is 0. The Morgan fingerprint density at radius 3 is 2.83 bits per heavy atom. The molecule has 3 N–H and O–H groups in total. The van der Waals surface area contributed by atoms with Crippen molar-refractivity contribution < 1.29 is 0 Å². The van der Waals surface area contributed by atoms with Gasteiger partial charge in [-0.2, -0.15) is 0 Å². The van der Waals surface area contributed by atoms with Crippen LogP contribution in [0, 0.1) is 0 Å². The topological polar surface area (TPSA) is 49.0 Å². The molecule has 0 amide bonds. The predicted octanol–water partition coefficient (Wildman–Crippen LogP) is 2.56. The molecule has 1 aromatic carbocycles. The first kappa shape index (κ1) is 11.6. The lowest BCUT2D eigenvalue weighted by molar-refractivity contribution is 0.759. The molecule has 1 aliphatic heterocycles. The third-order valence-corrected chi connectivity index (χ3v) is 3.83. The van der Waals surface area contributed by atoms with Gasteiger partial charge in [0, 0.05) is 23.7 Å². The Hall–Kier alpha value is -1.50. The predicted molar refractivity (Wildman–Crippen MR) is 78.9 cm³/mol. The van der Waals surface area contributed by atoms with Crippen LogP contribution in [0.4, 0.5) is 10.8 Å². The first-order valence-electron chi connectivity index (χ1n) is 5.63. The number of benzene rings is 1. The quantitative estimate of drug-likeness (QED) is 0.736. The minimum atomic E-state index is 0.571. The summed E-state index contributed by atoms with van der Waals surface area (Å²) in [6, 6.07) is 9.85. The van der Waals surface area contributed by atoms with E-state index in [1.54, 1.807) is 11.3 Å². The summed E-state index contributed by atoms with van der Waals surface area (Å²) < 4.78 is 0. The number of hydrogen-bond donors (Lipinski definition) is 3. The molecule has 0 spiro atoms. The van der Waals surface area contributed by atoms with E-state index in [0.717, 1.165) is 29.6 Å². The van der Waals surface area contributed by atoms with Gasteiger partial charge in [-0.15, -0.1) is 11.3 Å². The largest absolute Gasteiger partial charge is 0.332 e. The number of aromatic nitrogens is 1. The first-order valence-corrected chi connectivity index (χ1v) is 6.86. The Morgan fingerprint density at radius 2 is 2.06 bits per heavy atom. The maximum Gasteiger partial charge on any atom is 0.189 e. The van der Waals surface area contributed by atoms with Crippen molar-refractivity contribution in [1.29, 1.82) is 0 Å². The number of rotatable bonds is 2. The van der Waals surface area contributed by atoms with Crippen molar-refractivity contribution in [3.63, 3.8) is 0 Å². The zero-order valence-electron chi connectivity index (χ0n) is 9.56. The second kappa shape index (κ2) is 5.01. The SMILES string of the molecule is S=C(Nc1ccccc1)Nc1nc2c(s1)CNC2. The molecular weight excluding hydrogens is 264 g/mol. The van der Waals surface area contributed by atoms with E-state index in [9.17, 15) is 0 Å². The van der Waals surface area contributed by atoms with E-state index in [-0.39, 0.29) is 0 Å². The fourth-order valence-corrected chi connectivity index (χ4v) is 3.02. The van der Waals surface area contributed by atoms with Crippen molar-refractivity contribution >= 4 is 39.5 Å². The van der Waals surface area contributed by atoms with Crippen LogP contribution in [0.25, 0.3) is 0 Å². The van der Waals surface area contributed by atoms with E-state index in [2.05, 4.69) is 20.9 Å². The zero-order chi connectivity index (χ0) is 12.4. The molecule has 1 aromatic heterocycles. The minimum Gasteiger partial charge on any atom is -0.332 e. The van der Waals surface area contributed by atoms with Gasteiger partial charge in [0.15, 0.2) is 10.2 Å². The lowest BCUT2D eigenvalue weighted by atomic mass is 10.3. The molecule has 2 aromatic rings. The maximum atomic E-state index is 5.25. The van der Waals surface area contributed by atoms with Gasteiger partial charge < -0.3 is 16.0 Å². The molecule has 0 aliphatic carbocycles. The number of anilines is 2. The van der Waals surface area contributed by atoms with Gasteiger partial charge in [-0.3, -0.25) is 0 Å². The Balaban J connectivity index is 1.64. The van der Waals surface area contributed by atoms with Gasteiger partial charge in [-0.05, 0) is 24.4 Å². The minimum absolute atomic E-state index is 0.571. The summed E-state index contributed by atoms with van der Waals surface area (Å²) in [7, 11) is 0. The highest BCUT2D eigenvalue weighted by molar-refractivity contribution is 7.80. The smallest absolute Gasteiger partial charge is 0.189 e. The second-order valence-electron chi connectivity index (χ2n) is 3.94. The lowest BCUT2D eigenvalue weighted by Gasteiger charge is -2.07. The normalized spacial score (nSPS) is 13.1. The van der Waals surface area contributed by atoms with Crippen LogP contribution >= 0.6 is 23.6 Å². The highest BCUT2D eigenvalue weighted by atomic mass is 32.1. The summed E-state index contributed by atoms with van der Waals surface area (Å²) in [4.78, 5) is 5.78. The lowest BCUT2D eigenvalue weighted by Crippen LogP contribution is -2.19. The Morgan fingerprint density at radius 1 is 1.22 bits per heavy atom. The number of nitrogens with one attached hydrogen (secondary N) is 3. The van der Waals surface area contributed by atoms with E-state index in [0.29, 0.717) is 5.11 Å². The van der Waals surface area contributed by atoms with Crippen LogP contribution in [0.1, 0.15) is 10.6 Å². The highest BCUT2D eigenvalue weighted by Gasteiger charge is 2.16. The van der Waals surface area contributed by atoms with E-state index >= 15 is 0 Å². The zero-order valence-corrected chi connectivity index (χ0v) is 11.2. The Labute approximate surface area is 114 Å². The molecule has 2 heterocycles. The van der Waals surface area contributed by atoms with Crippen LogP contribution < -0.4 is 16.0 Å². The molecule has 1 aliphatic rings. The number of hydrogen-bond acceptors (Lipinski definition) is 4. The summed E-state index contributed by atoms with van der Waals surface area (Å²) in [6.07, 6.45) is 0. The molecule has 3 rings (SSSR count). The second-order valence-corrected chi connectivity index (χ2v) is 5.43. The van der Waals surface area contributed by atoms with Gasteiger partial charge in [0.05, 0.1) is 5.69 Å². The number of nitrogens with zero attached hydrogens (tertiary/aromatic N) is 1. The fraction of sp³-hybridized carbons (Fsp3) is 0.167. The van der Waals surface area contributed by atoms with Gasteiger partial charge in [-0.25, -0.2) is 4.98 Å². The van der Waals surface area contributed by atoms with Crippen molar-refractivity contribution in [2.45, 2.75) is 13.1 Å². The van der Waals surface area contributed by atoms with Gasteiger partial charge in [0.2, 0.25) is 0 Å². The van der Waals surface area contributed by atoms with Crippen LogP contribution in [-0.2, 0) is 13.1 Å². The van der Waals surface area contributed by atoms with Crippen molar-refractivity contribution in [3.05, 3.63) is 40.9 Å². The molecule has 4 nitrogen and oxygen atoms in total. The van der Waals surface area contributed by atoms with Gasteiger partial charge in [-0.1, -0.05) is 18.2 Å². The number of para-hydroxylation sites is 1. The van der Waals surface area contributed by atoms with E-state index in [1.165, 1.54) is 4.88 Å². The van der Waals surface area contributed by atoms with E-state index in [4.69, 9.17) is 12.2 Å². The van der Waals surface area contributed by atoms with Crippen molar-refractivity contribution in [2.24, 2.45) is 0 Å². The molecule has 0 saturated carbocycles. The van der Waals surface area contributed by atoms with Crippen molar-refractivity contribution in [2.75, 3.05) is 10.6 Å². The molecular formula is C12H12N4S2. The van der Waals surface area contributed by atoms with Crippen molar-refractivity contribution in [3.8, 4) is 0 Å². The standard InChI is InChI=1S/C12H12N4S2/c17-11(14-8-4-2-1-3-5-8)16-12-15-9-6-13-7-10(9)18-12/h1-5,13H,6-7H2,(H2,14,15,16,17). The number of thiocarbonyl (C=S) groups is 1. The van der Waals surface area contributed by atoms with Crippen LogP contribution in [0.15, 0.2) is 30.3 Å². The maximum absolute atomic E-state index is 5.25. The van der Waals surface area contributed by atoms with Crippen LogP contribution in [0.3, 0.4) is 0 Å². The summed E-state index contributed by atoms with van der Waals surface area (Å²) >= 11 is 6.90. The third kappa shape index (κ3) is 2.50. The molecule has 0 bridgehead atoms. The van der Waals surface area contributed by atoms with Gasteiger partial charge in [0.25, 0.3) is 0 Å². The Kier molecular flexibility index (Phi) is 3.22. The molecule has 18 heavy (non-hydrogen) atoms. The van der Waals surface area contributed by atoms with E-state index < -0.39 is 0 Å². The van der Waals surface area contributed by atoms with Gasteiger partial charge >= 0.3 is 0 Å². The molecule has 92 valence electrons. The molecule has 0 atom stereocenters.